The van der Waals surface area contributed by atoms with Crippen LogP contribution in [0.5, 0.6) is 0 Å². The third-order valence-electron chi connectivity index (χ3n) is 7.59. The van der Waals surface area contributed by atoms with Crippen LogP contribution in [-0.2, 0) is 6.54 Å². The molecule has 0 atom stereocenters. The van der Waals surface area contributed by atoms with Gasteiger partial charge < -0.3 is 14.9 Å². The van der Waals surface area contributed by atoms with Crippen LogP contribution in [0.1, 0.15) is 41.6 Å². The molecule has 3 aliphatic heterocycles. The Morgan fingerprint density at radius 2 is 1.53 bits per heavy atom. The van der Waals surface area contributed by atoms with Gasteiger partial charge in [-0.25, -0.2) is 18.6 Å². The first-order valence-electron chi connectivity index (χ1n) is 12.9. The van der Waals surface area contributed by atoms with Crippen molar-refractivity contribution in [1.29, 1.82) is 0 Å². The molecule has 38 heavy (non-hydrogen) atoms. The van der Waals surface area contributed by atoms with Crippen LogP contribution in [0, 0.1) is 0 Å². The lowest BCUT2D eigenvalue weighted by molar-refractivity contribution is -0.0494. The quantitative estimate of drug-likeness (QED) is 0.544. The van der Waals surface area contributed by atoms with Crippen molar-refractivity contribution in [3.63, 3.8) is 0 Å². The number of urea groups is 1. The Balaban J connectivity index is 1.24. The summed E-state index contributed by atoms with van der Waals surface area (Å²) in [6.45, 7) is 2.79. The first-order valence-corrected chi connectivity index (χ1v) is 13.6. The Morgan fingerprint density at radius 1 is 0.921 bits per heavy atom. The van der Waals surface area contributed by atoms with Crippen LogP contribution in [0.4, 0.5) is 13.6 Å². The molecule has 2 aromatic carbocycles. The third-order valence-corrected chi connectivity index (χ3v) is 8.27. The first kappa shape index (κ1) is 27.1. The molecule has 3 fully saturated rings. The number of rotatable bonds is 5. The molecule has 5 rings (SSSR count). The number of hydrazine groups is 1. The molecule has 0 aromatic heterocycles. The number of hydrogen-bond donors (Lipinski definition) is 1. The molecule has 3 amide bonds. The van der Waals surface area contributed by atoms with Crippen LogP contribution in [0.2, 0.25) is 10.0 Å². The lowest BCUT2D eigenvalue weighted by Crippen LogP contribution is -2.49. The van der Waals surface area contributed by atoms with Gasteiger partial charge in [-0.1, -0.05) is 35.3 Å². The van der Waals surface area contributed by atoms with Crippen molar-refractivity contribution in [1.82, 2.24) is 19.8 Å². The van der Waals surface area contributed by atoms with E-state index >= 15 is 0 Å². The molecule has 0 saturated carbocycles. The van der Waals surface area contributed by atoms with Gasteiger partial charge in [0.15, 0.2) is 0 Å². The molecule has 0 aliphatic carbocycles. The summed E-state index contributed by atoms with van der Waals surface area (Å²) in [7, 11) is 0. The molecule has 3 saturated heterocycles. The van der Waals surface area contributed by atoms with Crippen molar-refractivity contribution in [2.75, 3.05) is 39.3 Å². The standard InChI is InChI=1S/C27H30Cl2F2N4O3/c28-23-15-20(18-1-3-19(4-2-18)25(37)32-11-7-27(30,31)8-12-32)16-24(29)22(23)17-33-13-14-35(26(33)38)34-9-5-21(36)6-10-34/h1-4,15-16,21,36H,5-14,17H2. The summed E-state index contributed by atoms with van der Waals surface area (Å²) in [4.78, 5) is 28.9. The largest absolute Gasteiger partial charge is 0.393 e. The van der Waals surface area contributed by atoms with E-state index in [1.165, 1.54) is 4.90 Å². The summed E-state index contributed by atoms with van der Waals surface area (Å²) in [6.07, 6.45) is 0.357. The summed E-state index contributed by atoms with van der Waals surface area (Å²) in [5.74, 6) is -2.96. The number of likely N-dealkylation sites (tertiary alicyclic amines) is 1. The second-order valence-corrected chi connectivity index (χ2v) is 11.0. The monoisotopic (exact) mass is 566 g/mol. The van der Waals surface area contributed by atoms with Gasteiger partial charge in [-0.05, 0) is 48.2 Å². The molecule has 2 aromatic rings. The van der Waals surface area contributed by atoms with E-state index in [0.717, 1.165) is 11.1 Å². The average molecular weight is 567 g/mol. The van der Waals surface area contributed by atoms with Crippen molar-refractivity contribution in [3.8, 4) is 11.1 Å². The predicted octanol–water partition coefficient (Wildman–Crippen LogP) is 5.14. The summed E-state index contributed by atoms with van der Waals surface area (Å²) in [5, 5.41) is 14.4. The first-order chi connectivity index (χ1) is 18.1. The van der Waals surface area contributed by atoms with Crippen molar-refractivity contribution < 1.29 is 23.5 Å². The highest BCUT2D eigenvalue weighted by Crippen LogP contribution is 2.34. The fourth-order valence-electron chi connectivity index (χ4n) is 5.21. The smallest absolute Gasteiger partial charge is 0.334 e. The van der Waals surface area contributed by atoms with E-state index in [4.69, 9.17) is 23.2 Å². The zero-order valence-corrected chi connectivity index (χ0v) is 22.4. The average Bonchev–Trinajstić information content (AvgIpc) is 3.26. The SMILES string of the molecule is O=C(c1ccc(-c2cc(Cl)c(CN3CCN(N4CCC(O)CC4)C3=O)c(Cl)c2)cc1)N1CCC(F)(F)CC1. The van der Waals surface area contributed by atoms with E-state index < -0.39 is 5.92 Å². The van der Waals surface area contributed by atoms with Crippen LogP contribution in [0.3, 0.4) is 0 Å². The number of carbonyl (C=O) groups is 2. The van der Waals surface area contributed by atoms with Crippen LogP contribution >= 0.6 is 23.2 Å². The fraction of sp³-hybridized carbons (Fsp3) is 0.481. The van der Waals surface area contributed by atoms with Crippen LogP contribution in [-0.4, -0.2) is 88.2 Å². The molecule has 0 radical (unpaired) electrons. The molecule has 3 aliphatic rings. The van der Waals surface area contributed by atoms with Gasteiger partial charge in [-0.15, -0.1) is 0 Å². The summed E-state index contributed by atoms with van der Waals surface area (Å²) in [5.41, 5.74) is 2.67. The number of benzene rings is 2. The van der Waals surface area contributed by atoms with Gasteiger partial charge >= 0.3 is 6.03 Å². The normalized spacial score (nSPS) is 20.9. The maximum Gasteiger partial charge on any atom is 0.334 e. The van der Waals surface area contributed by atoms with E-state index in [2.05, 4.69) is 0 Å². The van der Waals surface area contributed by atoms with Crippen molar-refractivity contribution in [2.45, 2.75) is 44.3 Å². The highest BCUT2D eigenvalue weighted by atomic mass is 35.5. The summed E-state index contributed by atoms with van der Waals surface area (Å²) < 4.78 is 26.9. The highest BCUT2D eigenvalue weighted by molar-refractivity contribution is 6.36. The number of alkyl halides is 2. The Bertz CT molecular complexity index is 1170. The van der Waals surface area contributed by atoms with Gasteiger partial charge in [0.1, 0.15) is 0 Å². The number of piperidine rings is 2. The predicted molar refractivity (Wildman–Crippen MR) is 141 cm³/mol. The fourth-order valence-corrected chi connectivity index (χ4v) is 5.82. The number of hydrogen-bond acceptors (Lipinski definition) is 4. The molecule has 7 nitrogen and oxygen atoms in total. The van der Waals surface area contributed by atoms with Gasteiger partial charge in [-0.2, -0.15) is 0 Å². The molecule has 3 heterocycles. The van der Waals surface area contributed by atoms with Crippen LogP contribution < -0.4 is 0 Å². The second kappa shape index (κ2) is 11.0. The molecular formula is C27H30Cl2F2N4O3. The lowest BCUT2D eigenvalue weighted by Gasteiger charge is -2.35. The number of halogens is 4. The van der Waals surface area contributed by atoms with E-state index in [0.29, 0.717) is 60.2 Å². The molecule has 0 bridgehead atoms. The zero-order valence-electron chi connectivity index (χ0n) is 20.9. The third kappa shape index (κ3) is 5.76. The molecule has 1 N–H and O–H groups in total. The minimum absolute atomic E-state index is 0.0404. The Morgan fingerprint density at radius 3 is 2.13 bits per heavy atom. The van der Waals surface area contributed by atoms with Crippen molar-refractivity contribution in [3.05, 3.63) is 57.6 Å². The lowest BCUT2D eigenvalue weighted by atomic mass is 10.0. The van der Waals surface area contributed by atoms with Gasteiger partial charge in [0.2, 0.25) is 0 Å². The minimum atomic E-state index is -2.70. The van der Waals surface area contributed by atoms with E-state index in [-0.39, 0.29) is 50.5 Å². The van der Waals surface area contributed by atoms with Gasteiger partial charge in [0.05, 0.1) is 19.2 Å². The van der Waals surface area contributed by atoms with Crippen LogP contribution in [0.25, 0.3) is 11.1 Å². The van der Waals surface area contributed by atoms with Crippen molar-refractivity contribution in [2.24, 2.45) is 0 Å². The minimum Gasteiger partial charge on any atom is -0.393 e. The summed E-state index contributed by atoms with van der Waals surface area (Å²) in [6, 6.07) is 10.4. The highest BCUT2D eigenvalue weighted by Gasteiger charge is 2.36. The molecule has 204 valence electrons. The number of carbonyl (C=O) groups excluding carboxylic acids is 2. The second-order valence-electron chi connectivity index (χ2n) is 10.2. The molecule has 11 heteroatoms. The molecule has 0 unspecified atom stereocenters. The Hall–Kier alpha value is -2.46. The maximum atomic E-state index is 13.4. The Kier molecular flexibility index (Phi) is 7.82. The maximum absolute atomic E-state index is 13.4. The van der Waals surface area contributed by atoms with Gasteiger partial charge in [-0.3, -0.25) is 9.80 Å². The number of aliphatic hydroxyl groups excluding tert-OH is 1. The van der Waals surface area contributed by atoms with Gasteiger partial charge in [0.25, 0.3) is 11.8 Å². The number of nitrogens with zero attached hydrogens (tertiary/aromatic N) is 4. The molecular weight excluding hydrogens is 537 g/mol. The van der Waals surface area contributed by atoms with E-state index in [1.807, 2.05) is 5.01 Å². The topological polar surface area (TPSA) is 67.3 Å². The number of amides is 3. The molecule has 0 spiro atoms. The van der Waals surface area contributed by atoms with Gasteiger partial charge in [0, 0.05) is 66.7 Å². The van der Waals surface area contributed by atoms with E-state index in [1.54, 1.807) is 46.3 Å². The summed E-state index contributed by atoms with van der Waals surface area (Å²) >= 11 is 13.2. The van der Waals surface area contributed by atoms with E-state index in [9.17, 15) is 23.5 Å². The number of aliphatic hydroxyl groups is 1. The Labute approximate surface area is 230 Å². The zero-order chi connectivity index (χ0) is 27.0. The van der Waals surface area contributed by atoms with Crippen LogP contribution in [0.15, 0.2) is 36.4 Å². The van der Waals surface area contributed by atoms with Crippen molar-refractivity contribution >= 4 is 35.1 Å².